The zero-order valence-electron chi connectivity index (χ0n) is 10.4. The molecule has 0 aliphatic rings. The molecule has 2 rings (SSSR count). The van der Waals surface area contributed by atoms with Gasteiger partial charge in [0.25, 0.3) is 0 Å². The first-order valence-corrected chi connectivity index (χ1v) is 8.09. The van der Waals surface area contributed by atoms with Crippen molar-refractivity contribution in [3.8, 4) is 10.4 Å². The summed E-state index contributed by atoms with van der Waals surface area (Å²) >= 11 is 3.61. The second-order valence-corrected chi connectivity index (χ2v) is 6.18. The van der Waals surface area contributed by atoms with E-state index in [2.05, 4.69) is 34.3 Å². The van der Waals surface area contributed by atoms with E-state index in [1.807, 2.05) is 11.3 Å². The molecule has 0 fully saturated rings. The predicted octanol–water partition coefficient (Wildman–Crippen LogP) is 3.73. The van der Waals surface area contributed by atoms with Gasteiger partial charge < -0.3 is 10.4 Å². The van der Waals surface area contributed by atoms with Gasteiger partial charge in [0.1, 0.15) is 0 Å². The number of thiophene rings is 2. The molecule has 0 saturated carbocycles. The largest absolute Gasteiger partial charge is 0.396 e. The Morgan fingerprint density at radius 1 is 1.17 bits per heavy atom. The number of hydrogen-bond donors (Lipinski definition) is 2. The van der Waals surface area contributed by atoms with Crippen LogP contribution in [0.2, 0.25) is 0 Å². The van der Waals surface area contributed by atoms with Crippen LogP contribution in [0.15, 0.2) is 29.0 Å². The topological polar surface area (TPSA) is 32.3 Å². The van der Waals surface area contributed by atoms with Crippen molar-refractivity contribution in [1.29, 1.82) is 0 Å². The summed E-state index contributed by atoms with van der Waals surface area (Å²) in [7, 11) is 0. The SMILES string of the molecule is OCCCCCNCc1cc(-c2cccs2)cs1. The Labute approximate surface area is 116 Å². The molecule has 2 aromatic rings. The van der Waals surface area contributed by atoms with E-state index in [9.17, 15) is 0 Å². The van der Waals surface area contributed by atoms with Crippen LogP contribution in [0.5, 0.6) is 0 Å². The van der Waals surface area contributed by atoms with Gasteiger partial charge in [0.2, 0.25) is 0 Å². The smallest absolute Gasteiger partial charge is 0.0431 e. The van der Waals surface area contributed by atoms with Crippen LogP contribution in [0.3, 0.4) is 0 Å². The molecular weight excluding hydrogens is 262 g/mol. The van der Waals surface area contributed by atoms with Crippen LogP contribution in [0, 0.1) is 0 Å². The highest BCUT2D eigenvalue weighted by Gasteiger charge is 2.02. The van der Waals surface area contributed by atoms with Gasteiger partial charge in [-0.2, -0.15) is 0 Å². The molecule has 2 N–H and O–H groups in total. The Kier molecular flexibility index (Phi) is 5.87. The first-order chi connectivity index (χ1) is 8.90. The van der Waals surface area contributed by atoms with Gasteiger partial charge in [0, 0.05) is 28.5 Å². The van der Waals surface area contributed by atoms with Gasteiger partial charge in [-0.05, 0) is 48.7 Å². The van der Waals surface area contributed by atoms with E-state index >= 15 is 0 Å². The molecule has 2 heterocycles. The van der Waals surface area contributed by atoms with Crippen molar-refractivity contribution in [2.45, 2.75) is 25.8 Å². The lowest BCUT2D eigenvalue weighted by Crippen LogP contribution is -2.13. The fourth-order valence-corrected chi connectivity index (χ4v) is 3.44. The Hall–Kier alpha value is -0.680. The molecule has 0 atom stereocenters. The lowest BCUT2D eigenvalue weighted by atomic mass is 10.2. The maximum atomic E-state index is 8.68. The van der Waals surface area contributed by atoms with Crippen molar-refractivity contribution in [3.63, 3.8) is 0 Å². The fourth-order valence-electron chi connectivity index (χ4n) is 1.80. The summed E-state index contributed by atoms with van der Waals surface area (Å²) in [6.07, 6.45) is 3.17. The highest BCUT2D eigenvalue weighted by Crippen LogP contribution is 2.29. The molecule has 0 bridgehead atoms. The number of rotatable bonds is 8. The zero-order chi connectivity index (χ0) is 12.6. The molecule has 0 aliphatic carbocycles. The molecule has 98 valence electrons. The van der Waals surface area contributed by atoms with Crippen LogP contribution < -0.4 is 5.32 Å². The molecule has 0 aliphatic heterocycles. The van der Waals surface area contributed by atoms with E-state index in [1.165, 1.54) is 15.3 Å². The molecule has 18 heavy (non-hydrogen) atoms. The van der Waals surface area contributed by atoms with E-state index < -0.39 is 0 Å². The number of hydrogen-bond acceptors (Lipinski definition) is 4. The molecular formula is C14H19NOS2. The third kappa shape index (κ3) is 4.21. The summed E-state index contributed by atoms with van der Waals surface area (Å²) in [6, 6.07) is 6.53. The minimum atomic E-state index is 0.315. The lowest BCUT2D eigenvalue weighted by molar-refractivity contribution is 0.283. The van der Waals surface area contributed by atoms with Crippen LogP contribution in [0.25, 0.3) is 10.4 Å². The van der Waals surface area contributed by atoms with Gasteiger partial charge in [-0.25, -0.2) is 0 Å². The number of aliphatic hydroxyl groups is 1. The van der Waals surface area contributed by atoms with Crippen LogP contribution in [0.1, 0.15) is 24.1 Å². The highest BCUT2D eigenvalue weighted by atomic mass is 32.1. The van der Waals surface area contributed by atoms with Gasteiger partial charge >= 0.3 is 0 Å². The van der Waals surface area contributed by atoms with Gasteiger partial charge in [-0.3, -0.25) is 0 Å². The molecule has 0 saturated heterocycles. The Morgan fingerprint density at radius 2 is 2.11 bits per heavy atom. The van der Waals surface area contributed by atoms with Crippen molar-refractivity contribution in [1.82, 2.24) is 5.32 Å². The normalized spacial score (nSPS) is 10.9. The third-order valence-electron chi connectivity index (χ3n) is 2.77. The monoisotopic (exact) mass is 281 g/mol. The van der Waals surface area contributed by atoms with Gasteiger partial charge in [-0.15, -0.1) is 22.7 Å². The predicted molar refractivity (Wildman–Crippen MR) is 80.3 cm³/mol. The van der Waals surface area contributed by atoms with Gasteiger partial charge in [-0.1, -0.05) is 6.07 Å². The minimum absolute atomic E-state index is 0.315. The Balaban J connectivity index is 1.71. The second-order valence-electron chi connectivity index (χ2n) is 4.24. The maximum Gasteiger partial charge on any atom is 0.0431 e. The summed E-state index contributed by atoms with van der Waals surface area (Å²) in [5.41, 5.74) is 1.34. The molecule has 0 spiro atoms. The molecule has 0 radical (unpaired) electrons. The van der Waals surface area contributed by atoms with Crippen LogP contribution in [-0.4, -0.2) is 18.3 Å². The van der Waals surface area contributed by atoms with Gasteiger partial charge in [0.15, 0.2) is 0 Å². The first-order valence-electron chi connectivity index (χ1n) is 6.33. The Bertz CT molecular complexity index is 436. The zero-order valence-corrected chi connectivity index (χ0v) is 12.0. The molecule has 2 aromatic heterocycles. The summed E-state index contributed by atoms with van der Waals surface area (Å²) < 4.78 is 0. The summed E-state index contributed by atoms with van der Waals surface area (Å²) in [6.45, 7) is 2.30. The van der Waals surface area contributed by atoms with E-state index in [4.69, 9.17) is 5.11 Å². The van der Waals surface area contributed by atoms with Crippen molar-refractivity contribution >= 4 is 22.7 Å². The molecule has 0 unspecified atom stereocenters. The summed E-state index contributed by atoms with van der Waals surface area (Å²) in [4.78, 5) is 2.74. The quantitative estimate of drug-likeness (QED) is 0.723. The second kappa shape index (κ2) is 7.69. The summed E-state index contributed by atoms with van der Waals surface area (Å²) in [5, 5.41) is 16.5. The molecule has 2 nitrogen and oxygen atoms in total. The van der Waals surface area contributed by atoms with E-state index in [-0.39, 0.29) is 0 Å². The van der Waals surface area contributed by atoms with Crippen molar-refractivity contribution < 1.29 is 5.11 Å². The van der Waals surface area contributed by atoms with Crippen LogP contribution in [-0.2, 0) is 6.54 Å². The lowest BCUT2D eigenvalue weighted by Gasteiger charge is -2.01. The Morgan fingerprint density at radius 3 is 2.89 bits per heavy atom. The fraction of sp³-hybridized carbons (Fsp3) is 0.429. The molecule has 0 aromatic carbocycles. The first kappa shape index (κ1) is 13.7. The number of unbranched alkanes of at least 4 members (excludes halogenated alkanes) is 2. The number of nitrogens with one attached hydrogen (secondary N) is 1. The van der Waals surface area contributed by atoms with Gasteiger partial charge in [0.05, 0.1) is 0 Å². The van der Waals surface area contributed by atoms with Crippen molar-refractivity contribution in [2.24, 2.45) is 0 Å². The maximum absolute atomic E-state index is 8.68. The average Bonchev–Trinajstić information content (AvgIpc) is 3.03. The van der Waals surface area contributed by atoms with Crippen molar-refractivity contribution in [2.75, 3.05) is 13.2 Å². The van der Waals surface area contributed by atoms with E-state index in [1.54, 1.807) is 11.3 Å². The summed E-state index contributed by atoms with van der Waals surface area (Å²) in [5.74, 6) is 0. The van der Waals surface area contributed by atoms with E-state index in [0.29, 0.717) is 6.61 Å². The number of aliphatic hydroxyl groups excluding tert-OH is 1. The van der Waals surface area contributed by atoms with Crippen LogP contribution >= 0.6 is 22.7 Å². The van der Waals surface area contributed by atoms with Crippen molar-refractivity contribution in [3.05, 3.63) is 33.8 Å². The van der Waals surface area contributed by atoms with E-state index in [0.717, 1.165) is 32.4 Å². The standard InChI is InChI=1S/C14H19NOS2/c16-7-3-1-2-6-15-10-13-9-12(11-18-13)14-5-4-8-17-14/h4-5,8-9,11,15-16H,1-3,6-7,10H2. The molecule has 0 amide bonds. The highest BCUT2D eigenvalue weighted by molar-refractivity contribution is 7.14. The molecule has 4 heteroatoms. The minimum Gasteiger partial charge on any atom is -0.396 e. The third-order valence-corrected chi connectivity index (χ3v) is 4.63. The van der Waals surface area contributed by atoms with Crippen LogP contribution in [0.4, 0.5) is 0 Å². The average molecular weight is 281 g/mol.